The van der Waals surface area contributed by atoms with Crippen molar-refractivity contribution in [2.45, 2.75) is 65.4 Å². The predicted octanol–water partition coefficient (Wildman–Crippen LogP) is 4.41. The number of amides is 1. The number of halogens is 3. The highest BCUT2D eigenvalue weighted by Crippen LogP contribution is 2.36. The van der Waals surface area contributed by atoms with E-state index in [0.29, 0.717) is 0 Å². The Balaban J connectivity index is 3.61. The fraction of sp³-hybridized carbons (Fsp3) is 0.588. The maximum absolute atomic E-state index is 13.4. The molecule has 0 aliphatic rings. The molecular weight excluding hydrogens is 307 g/mol. The van der Waals surface area contributed by atoms with Crippen molar-refractivity contribution in [3.8, 4) is 0 Å². The Hall–Kier alpha value is -1.56. The average molecular weight is 331 g/mol. The van der Waals surface area contributed by atoms with Gasteiger partial charge < -0.3 is 10.0 Å². The second kappa shape index (κ2) is 7.34. The van der Waals surface area contributed by atoms with E-state index in [1.807, 2.05) is 0 Å². The van der Waals surface area contributed by atoms with E-state index in [0.717, 1.165) is 6.07 Å². The van der Waals surface area contributed by atoms with Gasteiger partial charge in [0.1, 0.15) is 0 Å². The van der Waals surface area contributed by atoms with E-state index in [1.165, 1.54) is 17.0 Å². The Bertz CT molecular complexity index is 545. The highest BCUT2D eigenvalue weighted by Gasteiger charge is 2.39. The molecule has 0 aromatic heterocycles. The van der Waals surface area contributed by atoms with Gasteiger partial charge in [-0.3, -0.25) is 4.79 Å². The van der Waals surface area contributed by atoms with Crippen molar-refractivity contribution in [1.29, 1.82) is 0 Å². The smallest absolute Gasteiger partial charge is 0.388 e. The Morgan fingerprint density at radius 2 is 1.70 bits per heavy atom. The summed E-state index contributed by atoms with van der Waals surface area (Å²) in [6.07, 6.45) is -5.55. The molecule has 1 atom stereocenters. The average Bonchev–Trinajstić information content (AvgIpc) is 2.43. The van der Waals surface area contributed by atoms with Crippen LogP contribution in [0, 0.1) is 0 Å². The minimum absolute atomic E-state index is 0.0265. The molecule has 0 fully saturated rings. The van der Waals surface area contributed by atoms with Crippen LogP contribution in [0.5, 0.6) is 0 Å². The topological polar surface area (TPSA) is 40.5 Å². The summed E-state index contributed by atoms with van der Waals surface area (Å²) in [5.41, 5.74) is -1.42. The number of benzene rings is 1. The number of alkyl halides is 3. The van der Waals surface area contributed by atoms with E-state index in [1.54, 1.807) is 34.6 Å². The van der Waals surface area contributed by atoms with E-state index in [-0.39, 0.29) is 24.1 Å². The van der Waals surface area contributed by atoms with E-state index < -0.39 is 29.3 Å². The molecule has 0 aliphatic carbocycles. The Kier molecular flexibility index (Phi) is 6.22. The van der Waals surface area contributed by atoms with Crippen LogP contribution in [-0.2, 0) is 6.18 Å². The first-order chi connectivity index (χ1) is 10.5. The molecule has 1 rings (SSSR count). The zero-order valence-corrected chi connectivity index (χ0v) is 14.1. The Labute approximate surface area is 135 Å². The summed E-state index contributed by atoms with van der Waals surface area (Å²) in [4.78, 5) is 14.3. The van der Waals surface area contributed by atoms with Crippen LogP contribution in [0.25, 0.3) is 0 Å². The molecule has 0 radical (unpaired) electrons. The molecule has 0 bridgehead atoms. The standard InChI is InChI=1S/C17H24F3NO2/c1-6-14(22)12-8-7-9-13(17(18,19)20)15(12)16(23)21(10(2)3)11(4)5/h7-11,14,22H,6H2,1-5H3/t14-/m0/s1. The number of carbonyl (C=O) groups is 1. The van der Waals surface area contributed by atoms with Crippen molar-refractivity contribution in [3.63, 3.8) is 0 Å². The third-order valence-corrected chi connectivity index (χ3v) is 3.71. The van der Waals surface area contributed by atoms with Gasteiger partial charge in [0, 0.05) is 12.1 Å². The molecule has 1 aromatic rings. The van der Waals surface area contributed by atoms with Gasteiger partial charge >= 0.3 is 6.18 Å². The number of hydrogen-bond donors (Lipinski definition) is 1. The maximum Gasteiger partial charge on any atom is 0.417 e. The minimum atomic E-state index is -4.66. The van der Waals surface area contributed by atoms with Crippen molar-refractivity contribution < 1.29 is 23.1 Å². The summed E-state index contributed by atoms with van der Waals surface area (Å²) >= 11 is 0. The molecule has 1 amide bonds. The van der Waals surface area contributed by atoms with Crippen LogP contribution in [0.15, 0.2) is 18.2 Å². The third-order valence-electron chi connectivity index (χ3n) is 3.71. The first-order valence-electron chi connectivity index (χ1n) is 7.73. The monoisotopic (exact) mass is 331 g/mol. The van der Waals surface area contributed by atoms with Gasteiger partial charge in [-0.15, -0.1) is 0 Å². The van der Waals surface area contributed by atoms with Crippen LogP contribution in [-0.4, -0.2) is 28.0 Å². The van der Waals surface area contributed by atoms with Gasteiger partial charge in [-0.2, -0.15) is 13.2 Å². The van der Waals surface area contributed by atoms with Crippen molar-refractivity contribution in [2.24, 2.45) is 0 Å². The lowest BCUT2D eigenvalue weighted by Gasteiger charge is -2.33. The number of aliphatic hydroxyl groups is 1. The molecule has 1 N–H and O–H groups in total. The molecular formula is C17H24F3NO2. The predicted molar refractivity (Wildman–Crippen MR) is 83.1 cm³/mol. The summed E-state index contributed by atoms with van der Waals surface area (Å²) in [7, 11) is 0. The van der Waals surface area contributed by atoms with Crippen LogP contribution >= 0.6 is 0 Å². The van der Waals surface area contributed by atoms with Gasteiger partial charge in [0.15, 0.2) is 0 Å². The van der Waals surface area contributed by atoms with Crippen LogP contribution in [0.2, 0.25) is 0 Å². The van der Waals surface area contributed by atoms with Gasteiger partial charge in [-0.05, 0) is 45.7 Å². The number of nitrogens with zero attached hydrogens (tertiary/aromatic N) is 1. The molecule has 0 saturated carbocycles. The van der Waals surface area contributed by atoms with Gasteiger partial charge in [0.25, 0.3) is 5.91 Å². The highest BCUT2D eigenvalue weighted by molar-refractivity contribution is 5.98. The molecule has 1 aromatic carbocycles. The number of aliphatic hydroxyl groups excluding tert-OH is 1. The van der Waals surface area contributed by atoms with Crippen molar-refractivity contribution in [3.05, 3.63) is 34.9 Å². The lowest BCUT2D eigenvalue weighted by molar-refractivity contribution is -0.138. The van der Waals surface area contributed by atoms with Gasteiger partial charge in [0.05, 0.1) is 17.2 Å². The summed E-state index contributed by atoms with van der Waals surface area (Å²) < 4.78 is 40.1. The second-order valence-electron chi connectivity index (χ2n) is 6.09. The van der Waals surface area contributed by atoms with E-state index in [4.69, 9.17) is 0 Å². The van der Waals surface area contributed by atoms with Gasteiger partial charge in [-0.25, -0.2) is 0 Å². The van der Waals surface area contributed by atoms with Crippen LogP contribution in [0.3, 0.4) is 0 Å². The molecule has 23 heavy (non-hydrogen) atoms. The third kappa shape index (κ3) is 4.25. The van der Waals surface area contributed by atoms with E-state index in [2.05, 4.69) is 0 Å². The van der Waals surface area contributed by atoms with Crippen molar-refractivity contribution >= 4 is 5.91 Å². The molecule has 0 spiro atoms. The number of rotatable bonds is 5. The van der Waals surface area contributed by atoms with Crippen molar-refractivity contribution in [2.75, 3.05) is 0 Å². The normalized spacial score (nSPS) is 13.5. The highest BCUT2D eigenvalue weighted by atomic mass is 19.4. The van der Waals surface area contributed by atoms with E-state index in [9.17, 15) is 23.1 Å². The molecule has 6 heteroatoms. The summed E-state index contributed by atoms with van der Waals surface area (Å²) in [5.74, 6) is -0.703. The molecule has 0 unspecified atom stereocenters. The van der Waals surface area contributed by atoms with E-state index >= 15 is 0 Å². The molecule has 0 aliphatic heterocycles. The maximum atomic E-state index is 13.4. The Morgan fingerprint density at radius 1 is 1.17 bits per heavy atom. The second-order valence-corrected chi connectivity index (χ2v) is 6.09. The van der Waals surface area contributed by atoms with Crippen LogP contribution < -0.4 is 0 Å². The fourth-order valence-corrected chi connectivity index (χ4v) is 2.74. The zero-order chi connectivity index (χ0) is 17.9. The summed E-state index contributed by atoms with van der Waals surface area (Å²) in [6, 6.07) is 2.99. The quantitative estimate of drug-likeness (QED) is 0.868. The molecule has 0 heterocycles. The van der Waals surface area contributed by atoms with Crippen molar-refractivity contribution in [1.82, 2.24) is 4.90 Å². The zero-order valence-electron chi connectivity index (χ0n) is 14.1. The number of carbonyl (C=O) groups excluding carboxylic acids is 1. The minimum Gasteiger partial charge on any atom is -0.388 e. The van der Waals surface area contributed by atoms with Crippen LogP contribution in [0.4, 0.5) is 13.2 Å². The first-order valence-corrected chi connectivity index (χ1v) is 7.73. The summed E-state index contributed by atoms with van der Waals surface area (Å²) in [6.45, 7) is 8.67. The summed E-state index contributed by atoms with van der Waals surface area (Å²) in [5, 5.41) is 10.1. The SMILES string of the molecule is CC[C@H](O)c1cccc(C(F)(F)F)c1C(=O)N(C(C)C)C(C)C. The lowest BCUT2D eigenvalue weighted by Crippen LogP contribution is -2.43. The van der Waals surface area contributed by atoms with Gasteiger partial charge in [-0.1, -0.05) is 19.1 Å². The lowest BCUT2D eigenvalue weighted by atomic mass is 9.93. The molecule has 130 valence electrons. The molecule has 3 nitrogen and oxygen atoms in total. The largest absolute Gasteiger partial charge is 0.417 e. The molecule has 0 saturated heterocycles. The Morgan fingerprint density at radius 3 is 2.09 bits per heavy atom. The first kappa shape index (κ1) is 19.5. The number of hydrogen-bond acceptors (Lipinski definition) is 2. The fourth-order valence-electron chi connectivity index (χ4n) is 2.74. The van der Waals surface area contributed by atoms with Crippen LogP contribution in [0.1, 0.15) is 68.6 Å². The van der Waals surface area contributed by atoms with Gasteiger partial charge in [0.2, 0.25) is 0 Å².